The van der Waals surface area contributed by atoms with Gasteiger partial charge >= 0.3 is 0 Å². The predicted octanol–water partition coefficient (Wildman–Crippen LogP) is 4.78. The van der Waals surface area contributed by atoms with E-state index in [1.165, 1.54) is 11.1 Å². The molecule has 0 saturated heterocycles. The first kappa shape index (κ1) is 15.5. The summed E-state index contributed by atoms with van der Waals surface area (Å²) in [4.78, 5) is 0. The van der Waals surface area contributed by atoms with Crippen LogP contribution in [0.2, 0.25) is 0 Å². The largest absolute Gasteiger partial charge is 0.245 e. The van der Waals surface area contributed by atoms with E-state index in [9.17, 15) is 0 Å². The molecule has 0 atom stereocenters. The lowest BCUT2D eigenvalue weighted by molar-refractivity contribution is -0.706. The van der Waals surface area contributed by atoms with E-state index in [1.807, 2.05) is 0 Å². The monoisotopic (exact) mass is 305 g/mol. The van der Waals surface area contributed by atoms with Crippen LogP contribution in [0, 0.1) is 0 Å². The van der Waals surface area contributed by atoms with Crippen LogP contribution in [0.1, 0.15) is 37.8 Å². The zero-order valence-corrected chi connectivity index (χ0v) is 13.9. The van der Waals surface area contributed by atoms with Crippen LogP contribution in [-0.4, -0.2) is 4.57 Å². The average molecular weight is 305 g/mol. The van der Waals surface area contributed by atoms with Gasteiger partial charge in [-0.25, -0.2) is 9.13 Å². The Hall–Kier alpha value is -2.35. The molecule has 2 fully saturated rings. The molecule has 118 valence electrons. The molecule has 0 aromatic carbocycles. The van der Waals surface area contributed by atoms with Crippen molar-refractivity contribution in [2.45, 2.75) is 37.8 Å². The predicted molar refractivity (Wildman–Crippen MR) is 96.0 cm³/mol. The molecular weight excluding hydrogens is 280 g/mol. The van der Waals surface area contributed by atoms with E-state index in [1.54, 1.807) is 0 Å². The highest BCUT2D eigenvalue weighted by atomic mass is 15.2. The topological polar surface area (TPSA) is 8.81 Å². The molecule has 0 spiro atoms. The zero-order chi connectivity index (χ0) is 16.7. The molecule has 1 aromatic heterocycles. The molecule has 2 aliphatic carbocycles. The normalized spacial score (nSPS) is 21.4. The summed E-state index contributed by atoms with van der Waals surface area (Å²) in [6, 6.07) is 0.309. The van der Waals surface area contributed by atoms with Crippen LogP contribution < -0.4 is 4.57 Å². The lowest BCUT2D eigenvalue weighted by Gasteiger charge is -2.27. The van der Waals surface area contributed by atoms with Crippen LogP contribution in [0.4, 0.5) is 0 Å². The second kappa shape index (κ2) is 5.69. The van der Waals surface area contributed by atoms with E-state index < -0.39 is 0 Å². The molecule has 0 bridgehead atoms. The molecule has 3 rings (SSSR count). The van der Waals surface area contributed by atoms with E-state index >= 15 is 0 Å². The van der Waals surface area contributed by atoms with Gasteiger partial charge in [-0.15, -0.1) is 0 Å². The van der Waals surface area contributed by atoms with Crippen LogP contribution in [0.25, 0.3) is 0 Å². The lowest BCUT2D eigenvalue weighted by atomic mass is 9.84. The van der Waals surface area contributed by atoms with Crippen LogP contribution in [-0.2, 0) is 0 Å². The third-order valence-corrected chi connectivity index (χ3v) is 4.73. The van der Waals surface area contributed by atoms with Crippen molar-refractivity contribution in [3.8, 4) is 0 Å². The molecule has 2 heteroatoms. The minimum absolute atomic E-state index is 0.154. The molecule has 0 N–H and O–H groups in total. The van der Waals surface area contributed by atoms with Crippen molar-refractivity contribution >= 4 is 0 Å². The van der Waals surface area contributed by atoms with E-state index in [0.717, 1.165) is 48.0 Å². The molecule has 2 saturated carbocycles. The molecule has 0 aliphatic heterocycles. The Labute approximate surface area is 139 Å². The molecule has 1 heterocycles. The first-order valence-electron chi connectivity index (χ1n) is 7.99. The Kier molecular flexibility index (Phi) is 3.85. The standard InChI is InChI=1S/C21H25N2/c1-14-9-16(3)20(17(4)10-14)22-7-8-23(13-22)21-18(5)11-15(2)12-19(21)6/h7-8,13,20-21H,1-6,9-12H2/q+1. The molecule has 0 unspecified atom stereocenters. The van der Waals surface area contributed by atoms with Gasteiger partial charge in [0.05, 0.1) is 0 Å². The Morgan fingerprint density at radius 2 is 1.26 bits per heavy atom. The summed E-state index contributed by atoms with van der Waals surface area (Å²) in [5.74, 6) is 0. The fourth-order valence-electron chi connectivity index (χ4n) is 3.91. The van der Waals surface area contributed by atoms with E-state index in [4.69, 9.17) is 0 Å². The van der Waals surface area contributed by atoms with Gasteiger partial charge in [0.2, 0.25) is 6.33 Å². The molecule has 0 radical (unpaired) electrons. The molecular formula is C21H25N2+. The maximum absolute atomic E-state index is 4.24. The maximum Gasteiger partial charge on any atom is 0.245 e. The second-order valence-corrected chi connectivity index (χ2v) is 6.95. The minimum Gasteiger partial charge on any atom is -0.226 e. The summed E-state index contributed by atoms with van der Waals surface area (Å²) in [7, 11) is 0. The Morgan fingerprint density at radius 3 is 1.78 bits per heavy atom. The highest BCUT2D eigenvalue weighted by Crippen LogP contribution is 2.38. The number of allylic oxidation sites excluding steroid dienone is 6. The number of rotatable bonds is 2. The molecule has 2 nitrogen and oxygen atoms in total. The van der Waals surface area contributed by atoms with E-state index in [2.05, 4.69) is 67.3 Å². The van der Waals surface area contributed by atoms with Crippen LogP contribution in [0.3, 0.4) is 0 Å². The van der Waals surface area contributed by atoms with Crippen molar-refractivity contribution in [1.29, 1.82) is 0 Å². The van der Waals surface area contributed by atoms with Gasteiger partial charge in [-0.2, -0.15) is 0 Å². The summed E-state index contributed by atoms with van der Waals surface area (Å²) in [6.07, 6.45) is 9.84. The molecule has 1 aromatic rings. The SMILES string of the molecule is C=C1CC(=C)C(n2cc[n+](C3C(=C)CC(=C)CC3=C)c2)C(=C)C1. The van der Waals surface area contributed by atoms with Crippen molar-refractivity contribution in [2.24, 2.45) is 0 Å². The van der Waals surface area contributed by atoms with Gasteiger partial charge in [-0.3, -0.25) is 0 Å². The van der Waals surface area contributed by atoms with Crippen LogP contribution in [0.5, 0.6) is 0 Å². The van der Waals surface area contributed by atoms with Crippen molar-refractivity contribution in [2.75, 3.05) is 0 Å². The van der Waals surface area contributed by atoms with Crippen molar-refractivity contribution in [3.05, 3.63) is 91.6 Å². The number of nitrogens with zero attached hydrogens (tertiary/aromatic N) is 2. The second-order valence-electron chi connectivity index (χ2n) is 6.95. The Balaban J connectivity index is 1.89. The van der Waals surface area contributed by atoms with Gasteiger partial charge in [0.1, 0.15) is 24.5 Å². The van der Waals surface area contributed by atoms with Gasteiger partial charge in [0, 0.05) is 0 Å². The number of hydrogen-bond acceptors (Lipinski definition) is 0. The van der Waals surface area contributed by atoms with Crippen LogP contribution in [0.15, 0.2) is 91.6 Å². The maximum atomic E-state index is 4.24. The Bertz CT molecular complexity index is 654. The molecule has 0 amide bonds. The molecule has 2 aliphatic rings. The minimum atomic E-state index is 0.154. The number of hydrogen-bond donors (Lipinski definition) is 0. The first-order valence-corrected chi connectivity index (χ1v) is 7.99. The van der Waals surface area contributed by atoms with Gasteiger partial charge in [-0.05, 0) is 48.0 Å². The fourth-order valence-corrected chi connectivity index (χ4v) is 3.91. The zero-order valence-electron chi connectivity index (χ0n) is 13.9. The third kappa shape index (κ3) is 2.81. The van der Waals surface area contributed by atoms with Crippen molar-refractivity contribution in [1.82, 2.24) is 4.57 Å². The van der Waals surface area contributed by atoms with E-state index in [-0.39, 0.29) is 12.1 Å². The highest BCUT2D eigenvalue weighted by Gasteiger charge is 2.32. The van der Waals surface area contributed by atoms with Crippen molar-refractivity contribution < 1.29 is 4.57 Å². The number of aromatic nitrogens is 2. The summed E-state index contributed by atoms with van der Waals surface area (Å²) in [5, 5.41) is 0. The quantitative estimate of drug-likeness (QED) is 0.549. The number of imidazole rings is 1. The van der Waals surface area contributed by atoms with E-state index in [0.29, 0.717) is 0 Å². The average Bonchev–Trinajstić information content (AvgIpc) is 2.85. The van der Waals surface area contributed by atoms with Gasteiger partial charge in [-0.1, -0.05) is 50.6 Å². The summed E-state index contributed by atoms with van der Waals surface area (Å²) in [5.41, 5.74) is 7.02. The summed E-state index contributed by atoms with van der Waals surface area (Å²) < 4.78 is 4.39. The molecule has 23 heavy (non-hydrogen) atoms. The van der Waals surface area contributed by atoms with Crippen LogP contribution >= 0.6 is 0 Å². The van der Waals surface area contributed by atoms with Gasteiger partial charge in [0.15, 0.2) is 0 Å². The van der Waals surface area contributed by atoms with Gasteiger partial charge < -0.3 is 0 Å². The fraction of sp³-hybridized carbons (Fsp3) is 0.286. The third-order valence-electron chi connectivity index (χ3n) is 4.73. The van der Waals surface area contributed by atoms with Crippen molar-refractivity contribution in [3.63, 3.8) is 0 Å². The summed E-state index contributed by atoms with van der Waals surface area (Å²) >= 11 is 0. The van der Waals surface area contributed by atoms with Gasteiger partial charge in [0.25, 0.3) is 0 Å². The lowest BCUT2D eigenvalue weighted by Crippen LogP contribution is -2.41. The highest BCUT2D eigenvalue weighted by molar-refractivity contribution is 5.33. The summed E-state index contributed by atoms with van der Waals surface area (Å²) in [6.45, 7) is 25.1. The first-order chi connectivity index (χ1) is 10.9. The smallest absolute Gasteiger partial charge is 0.226 e. The Morgan fingerprint density at radius 1 is 0.783 bits per heavy atom.